The van der Waals surface area contributed by atoms with Gasteiger partial charge in [0.05, 0.1) is 13.0 Å². The van der Waals surface area contributed by atoms with E-state index in [0.29, 0.717) is 19.5 Å². The van der Waals surface area contributed by atoms with Gasteiger partial charge >= 0.3 is 0 Å². The van der Waals surface area contributed by atoms with Crippen molar-refractivity contribution in [1.29, 1.82) is 0 Å². The highest BCUT2D eigenvalue weighted by Gasteiger charge is 2.29. The molecule has 2 amide bonds. The number of benzene rings is 2. The number of methoxy groups -OCH3 is 1. The lowest BCUT2D eigenvalue weighted by atomic mass is 9.90. The average molecular weight is 448 g/mol. The highest BCUT2D eigenvalue weighted by Crippen LogP contribution is 2.31. The molecule has 4 rings (SSSR count). The number of nitrogens with one attached hydrogen (secondary N) is 2. The fraction of sp³-hybridized carbons (Fsp3) is 0.407. The van der Waals surface area contributed by atoms with Gasteiger partial charge in [0.15, 0.2) is 0 Å². The Hall–Kier alpha value is -3.28. The zero-order valence-electron chi connectivity index (χ0n) is 19.5. The smallest absolute Gasteiger partial charge is 0.224 e. The number of carbonyl (C=O) groups is 2. The van der Waals surface area contributed by atoms with Crippen molar-refractivity contribution < 1.29 is 14.3 Å². The van der Waals surface area contributed by atoms with Crippen molar-refractivity contribution in [1.82, 2.24) is 15.2 Å². The molecule has 3 aromatic rings. The number of hydrogen-bond acceptors (Lipinski definition) is 3. The summed E-state index contributed by atoms with van der Waals surface area (Å²) in [6, 6.07) is 16.3. The number of rotatable bonds is 8. The maximum atomic E-state index is 13.1. The highest BCUT2D eigenvalue weighted by atomic mass is 16.5. The molecule has 6 heteroatoms. The van der Waals surface area contributed by atoms with Crippen LogP contribution >= 0.6 is 0 Å². The predicted molar refractivity (Wildman–Crippen MR) is 130 cm³/mol. The number of amides is 2. The third-order valence-corrected chi connectivity index (χ3v) is 6.60. The highest BCUT2D eigenvalue weighted by molar-refractivity contribution is 5.85. The lowest BCUT2D eigenvalue weighted by molar-refractivity contribution is -0.135. The molecule has 0 bridgehead atoms. The summed E-state index contributed by atoms with van der Waals surface area (Å²) >= 11 is 0. The number of H-pyrrole nitrogens is 1. The average Bonchev–Trinajstić information content (AvgIpc) is 3.28. The third-order valence-electron chi connectivity index (χ3n) is 6.60. The summed E-state index contributed by atoms with van der Waals surface area (Å²) in [6.45, 7) is 3.78. The molecule has 0 aliphatic carbocycles. The van der Waals surface area contributed by atoms with Crippen LogP contribution in [0.2, 0.25) is 0 Å². The van der Waals surface area contributed by atoms with E-state index in [0.717, 1.165) is 53.6 Å². The molecule has 2 atom stereocenters. The largest absolute Gasteiger partial charge is 0.497 e. The molecule has 33 heavy (non-hydrogen) atoms. The SMILES string of the molecule is CCCC(=O)N1CCCC(C(=O)NCC(c2ccc(OC)cc2)c2c[nH]c3ccccc23)C1. The minimum atomic E-state index is -0.154. The van der Waals surface area contributed by atoms with Gasteiger partial charge in [-0.15, -0.1) is 0 Å². The van der Waals surface area contributed by atoms with Crippen LogP contribution in [-0.4, -0.2) is 48.4 Å². The maximum Gasteiger partial charge on any atom is 0.224 e. The molecular weight excluding hydrogens is 414 g/mol. The van der Waals surface area contributed by atoms with Gasteiger partial charge in [-0.1, -0.05) is 37.3 Å². The Labute approximate surface area is 195 Å². The molecule has 2 unspecified atom stereocenters. The van der Waals surface area contributed by atoms with Crippen LogP contribution < -0.4 is 10.1 Å². The number of likely N-dealkylation sites (tertiary alicyclic amines) is 1. The normalized spacial score (nSPS) is 17.0. The Morgan fingerprint density at radius 1 is 1.18 bits per heavy atom. The van der Waals surface area contributed by atoms with Crippen LogP contribution in [0.4, 0.5) is 0 Å². The molecule has 2 aromatic carbocycles. The minimum absolute atomic E-state index is 0.00239. The van der Waals surface area contributed by atoms with Crippen LogP contribution in [0.3, 0.4) is 0 Å². The molecule has 1 aliphatic rings. The molecule has 1 saturated heterocycles. The number of piperidine rings is 1. The van der Waals surface area contributed by atoms with Crippen molar-refractivity contribution in [2.75, 3.05) is 26.7 Å². The third kappa shape index (κ3) is 5.21. The Bertz CT molecular complexity index is 1090. The fourth-order valence-electron chi connectivity index (χ4n) is 4.76. The number of nitrogens with zero attached hydrogens (tertiary/aromatic N) is 1. The van der Waals surface area contributed by atoms with Gasteiger partial charge in [-0.05, 0) is 48.6 Å². The van der Waals surface area contributed by atoms with E-state index in [4.69, 9.17) is 4.74 Å². The number of carbonyl (C=O) groups excluding carboxylic acids is 2. The Balaban J connectivity index is 1.52. The molecule has 0 saturated carbocycles. The van der Waals surface area contributed by atoms with Gasteiger partial charge in [0.25, 0.3) is 0 Å². The van der Waals surface area contributed by atoms with Gasteiger partial charge in [0, 0.05) is 49.1 Å². The molecular formula is C27H33N3O3. The second kappa shape index (κ2) is 10.6. The fourth-order valence-corrected chi connectivity index (χ4v) is 4.76. The standard InChI is InChI=1S/C27H33N3O3/c1-3-7-26(31)30-15-6-8-20(18-30)27(32)29-16-23(19-11-13-21(33-2)14-12-19)24-17-28-25-10-5-4-9-22(24)25/h4-5,9-14,17,20,23,28H,3,6-8,15-16,18H2,1-2H3,(H,29,32). The lowest BCUT2D eigenvalue weighted by Gasteiger charge is -2.32. The van der Waals surface area contributed by atoms with Crippen molar-refractivity contribution in [3.05, 3.63) is 65.9 Å². The first-order valence-electron chi connectivity index (χ1n) is 11.9. The van der Waals surface area contributed by atoms with Gasteiger partial charge < -0.3 is 19.9 Å². The summed E-state index contributed by atoms with van der Waals surface area (Å²) in [5, 5.41) is 4.36. The van der Waals surface area contributed by atoms with Crippen molar-refractivity contribution in [2.24, 2.45) is 5.92 Å². The van der Waals surface area contributed by atoms with E-state index in [1.165, 1.54) is 0 Å². The van der Waals surface area contributed by atoms with E-state index < -0.39 is 0 Å². The molecule has 1 fully saturated rings. The minimum Gasteiger partial charge on any atom is -0.497 e. The van der Waals surface area contributed by atoms with Gasteiger partial charge in [-0.3, -0.25) is 9.59 Å². The summed E-state index contributed by atoms with van der Waals surface area (Å²) in [6.07, 6.45) is 5.12. The Morgan fingerprint density at radius 2 is 1.97 bits per heavy atom. The second-order valence-corrected chi connectivity index (χ2v) is 8.79. The molecule has 2 N–H and O–H groups in total. The maximum absolute atomic E-state index is 13.1. The van der Waals surface area contributed by atoms with Crippen molar-refractivity contribution in [3.63, 3.8) is 0 Å². The van der Waals surface area contributed by atoms with Crippen molar-refractivity contribution >= 4 is 22.7 Å². The summed E-state index contributed by atoms with van der Waals surface area (Å²) in [5.41, 5.74) is 3.35. The topological polar surface area (TPSA) is 74.4 Å². The van der Waals surface area contributed by atoms with Crippen LogP contribution in [0.1, 0.15) is 49.7 Å². The first-order valence-corrected chi connectivity index (χ1v) is 11.9. The van der Waals surface area contributed by atoms with E-state index in [1.807, 2.05) is 42.3 Å². The number of para-hydroxylation sites is 1. The first-order chi connectivity index (χ1) is 16.1. The van der Waals surface area contributed by atoms with Crippen LogP contribution in [0, 0.1) is 5.92 Å². The van der Waals surface area contributed by atoms with Crippen molar-refractivity contribution in [2.45, 2.75) is 38.5 Å². The van der Waals surface area contributed by atoms with Crippen LogP contribution in [-0.2, 0) is 9.59 Å². The predicted octanol–water partition coefficient (Wildman–Crippen LogP) is 4.46. The van der Waals surface area contributed by atoms with Crippen LogP contribution in [0.5, 0.6) is 5.75 Å². The van der Waals surface area contributed by atoms with E-state index in [1.54, 1.807) is 7.11 Å². The molecule has 0 radical (unpaired) electrons. The molecule has 0 spiro atoms. The first kappa shape index (κ1) is 22.9. The monoisotopic (exact) mass is 447 g/mol. The Morgan fingerprint density at radius 3 is 2.73 bits per heavy atom. The number of fused-ring (bicyclic) bond motifs is 1. The summed E-state index contributed by atoms with van der Waals surface area (Å²) in [5.74, 6) is 0.836. The molecule has 1 aromatic heterocycles. The number of ether oxygens (including phenoxy) is 1. The van der Waals surface area contributed by atoms with Gasteiger partial charge in [0.1, 0.15) is 5.75 Å². The quantitative estimate of drug-likeness (QED) is 0.535. The van der Waals surface area contributed by atoms with Crippen LogP contribution in [0.15, 0.2) is 54.7 Å². The van der Waals surface area contributed by atoms with Gasteiger partial charge in [-0.25, -0.2) is 0 Å². The van der Waals surface area contributed by atoms with Gasteiger partial charge in [-0.2, -0.15) is 0 Å². The Kier molecular flexibility index (Phi) is 7.33. The van der Waals surface area contributed by atoms with E-state index >= 15 is 0 Å². The number of aromatic amines is 1. The summed E-state index contributed by atoms with van der Waals surface area (Å²) in [7, 11) is 1.66. The number of aromatic nitrogens is 1. The molecule has 2 heterocycles. The number of hydrogen-bond donors (Lipinski definition) is 2. The van der Waals surface area contributed by atoms with Gasteiger partial charge in [0.2, 0.25) is 11.8 Å². The van der Waals surface area contributed by atoms with Crippen molar-refractivity contribution in [3.8, 4) is 5.75 Å². The summed E-state index contributed by atoms with van der Waals surface area (Å²) < 4.78 is 5.33. The van der Waals surface area contributed by atoms with E-state index in [2.05, 4.69) is 34.6 Å². The van der Waals surface area contributed by atoms with Crippen LogP contribution in [0.25, 0.3) is 10.9 Å². The zero-order chi connectivity index (χ0) is 23.2. The molecule has 174 valence electrons. The molecule has 6 nitrogen and oxygen atoms in total. The van der Waals surface area contributed by atoms with E-state index in [9.17, 15) is 9.59 Å². The molecule has 1 aliphatic heterocycles. The second-order valence-electron chi connectivity index (χ2n) is 8.79. The summed E-state index contributed by atoms with van der Waals surface area (Å²) in [4.78, 5) is 30.7. The lowest BCUT2D eigenvalue weighted by Crippen LogP contribution is -2.46. The zero-order valence-corrected chi connectivity index (χ0v) is 19.5. The van der Waals surface area contributed by atoms with E-state index in [-0.39, 0.29) is 23.7 Å².